The second-order valence-corrected chi connectivity index (χ2v) is 6.48. The van der Waals surface area contributed by atoms with Crippen LogP contribution in [0.2, 0.25) is 0 Å². The first kappa shape index (κ1) is 17.0. The van der Waals surface area contributed by atoms with Gasteiger partial charge in [-0.15, -0.1) is 0 Å². The molecule has 1 amide bonds. The SMILES string of the molecule is N#Cc1ccc(C(=O)N2CCc3oc(CCc4ccccc4)nc3C2)cn1. The highest BCUT2D eigenvalue weighted by Crippen LogP contribution is 2.22. The summed E-state index contributed by atoms with van der Waals surface area (Å²) < 4.78 is 5.89. The zero-order valence-corrected chi connectivity index (χ0v) is 14.8. The lowest BCUT2D eigenvalue weighted by Crippen LogP contribution is -2.35. The van der Waals surface area contributed by atoms with E-state index in [9.17, 15) is 4.79 Å². The van der Waals surface area contributed by atoms with Crippen LogP contribution in [0.1, 0.15) is 39.0 Å². The van der Waals surface area contributed by atoms with Gasteiger partial charge in [-0.3, -0.25) is 4.79 Å². The molecule has 6 nitrogen and oxygen atoms in total. The fraction of sp³-hybridized carbons (Fsp3) is 0.238. The smallest absolute Gasteiger partial charge is 0.255 e. The number of nitrogens with zero attached hydrogens (tertiary/aromatic N) is 4. The number of nitriles is 1. The minimum Gasteiger partial charge on any atom is -0.445 e. The molecule has 0 unspecified atom stereocenters. The molecular weight excluding hydrogens is 340 g/mol. The first-order valence-corrected chi connectivity index (χ1v) is 8.90. The van der Waals surface area contributed by atoms with E-state index in [1.54, 1.807) is 17.0 Å². The molecule has 0 saturated carbocycles. The van der Waals surface area contributed by atoms with Crippen molar-refractivity contribution in [3.63, 3.8) is 0 Å². The van der Waals surface area contributed by atoms with Crippen LogP contribution >= 0.6 is 0 Å². The summed E-state index contributed by atoms with van der Waals surface area (Å²) in [6, 6.07) is 15.4. The number of carbonyl (C=O) groups is 1. The Labute approximate surface area is 157 Å². The number of benzene rings is 1. The lowest BCUT2D eigenvalue weighted by Gasteiger charge is -2.25. The van der Waals surface area contributed by atoms with Crippen molar-refractivity contribution in [1.29, 1.82) is 5.26 Å². The average molecular weight is 358 g/mol. The zero-order valence-electron chi connectivity index (χ0n) is 14.8. The van der Waals surface area contributed by atoms with E-state index in [-0.39, 0.29) is 5.91 Å². The maximum absolute atomic E-state index is 12.7. The van der Waals surface area contributed by atoms with Crippen LogP contribution in [-0.2, 0) is 25.8 Å². The number of pyridine rings is 1. The second kappa shape index (κ2) is 7.42. The Morgan fingerprint density at radius 2 is 2.04 bits per heavy atom. The van der Waals surface area contributed by atoms with Gasteiger partial charge in [0.05, 0.1) is 12.1 Å². The molecule has 1 aromatic carbocycles. The van der Waals surface area contributed by atoms with Gasteiger partial charge < -0.3 is 9.32 Å². The molecule has 0 N–H and O–H groups in total. The van der Waals surface area contributed by atoms with Crippen molar-refractivity contribution in [3.8, 4) is 6.07 Å². The standard InChI is InChI=1S/C21H18N4O2/c22-12-17-8-7-16(13-23-17)21(26)25-11-10-19-18(14-25)24-20(27-19)9-6-15-4-2-1-3-5-15/h1-5,7-8,13H,6,9-11,14H2. The fourth-order valence-corrected chi connectivity index (χ4v) is 3.20. The summed E-state index contributed by atoms with van der Waals surface area (Å²) in [5, 5.41) is 8.82. The van der Waals surface area contributed by atoms with Crippen LogP contribution in [-0.4, -0.2) is 27.3 Å². The molecule has 134 valence electrons. The molecule has 1 aliphatic heterocycles. The summed E-state index contributed by atoms with van der Waals surface area (Å²) in [6.07, 6.45) is 3.72. The zero-order chi connectivity index (χ0) is 18.6. The van der Waals surface area contributed by atoms with E-state index in [4.69, 9.17) is 9.68 Å². The van der Waals surface area contributed by atoms with Crippen molar-refractivity contribution in [2.75, 3.05) is 6.54 Å². The first-order valence-electron chi connectivity index (χ1n) is 8.90. The van der Waals surface area contributed by atoms with Gasteiger partial charge in [0.15, 0.2) is 5.89 Å². The predicted octanol–water partition coefficient (Wildman–Crippen LogP) is 2.92. The molecule has 2 aromatic heterocycles. The third-order valence-electron chi connectivity index (χ3n) is 4.65. The quantitative estimate of drug-likeness (QED) is 0.716. The molecule has 0 fully saturated rings. The summed E-state index contributed by atoms with van der Waals surface area (Å²) in [4.78, 5) is 23.0. The number of aryl methyl sites for hydroxylation is 2. The van der Waals surface area contributed by atoms with Crippen LogP contribution in [0, 0.1) is 11.3 Å². The Morgan fingerprint density at radius 1 is 1.19 bits per heavy atom. The van der Waals surface area contributed by atoms with Gasteiger partial charge in [-0.1, -0.05) is 30.3 Å². The van der Waals surface area contributed by atoms with Gasteiger partial charge in [-0.25, -0.2) is 9.97 Å². The van der Waals surface area contributed by atoms with Crippen LogP contribution in [0.25, 0.3) is 0 Å². The van der Waals surface area contributed by atoms with Crippen LogP contribution in [0.5, 0.6) is 0 Å². The van der Waals surface area contributed by atoms with Crippen molar-refractivity contribution in [2.24, 2.45) is 0 Å². The number of hydrogen-bond donors (Lipinski definition) is 0. The Hall–Kier alpha value is -3.46. The van der Waals surface area contributed by atoms with E-state index in [2.05, 4.69) is 22.1 Å². The Balaban J connectivity index is 1.42. The van der Waals surface area contributed by atoms with Gasteiger partial charge in [0, 0.05) is 25.6 Å². The minimum absolute atomic E-state index is 0.105. The highest BCUT2D eigenvalue weighted by molar-refractivity contribution is 5.94. The van der Waals surface area contributed by atoms with E-state index < -0.39 is 0 Å². The third-order valence-corrected chi connectivity index (χ3v) is 4.65. The molecular formula is C21H18N4O2. The lowest BCUT2D eigenvalue weighted by molar-refractivity contribution is 0.0727. The fourth-order valence-electron chi connectivity index (χ4n) is 3.20. The second-order valence-electron chi connectivity index (χ2n) is 6.48. The normalized spacial score (nSPS) is 13.1. The summed E-state index contributed by atoms with van der Waals surface area (Å²) in [5.74, 6) is 1.49. The van der Waals surface area contributed by atoms with Crippen LogP contribution < -0.4 is 0 Å². The largest absolute Gasteiger partial charge is 0.445 e. The maximum Gasteiger partial charge on any atom is 0.255 e. The Bertz CT molecular complexity index is 987. The molecule has 0 atom stereocenters. The number of rotatable bonds is 4. The number of oxazole rings is 1. The molecule has 3 heterocycles. The summed E-state index contributed by atoms with van der Waals surface area (Å²) in [6.45, 7) is 1.02. The van der Waals surface area contributed by atoms with Gasteiger partial charge in [0.25, 0.3) is 5.91 Å². The molecule has 1 aliphatic rings. The van der Waals surface area contributed by atoms with E-state index in [1.807, 2.05) is 24.3 Å². The van der Waals surface area contributed by atoms with Gasteiger partial charge in [-0.05, 0) is 24.1 Å². The van der Waals surface area contributed by atoms with Gasteiger partial charge in [-0.2, -0.15) is 5.26 Å². The third kappa shape index (κ3) is 3.72. The Morgan fingerprint density at radius 3 is 2.78 bits per heavy atom. The van der Waals surface area contributed by atoms with E-state index in [0.29, 0.717) is 30.8 Å². The molecule has 27 heavy (non-hydrogen) atoms. The first-order chi connectivity index (χ1) is 13.2. The van der Waals surface area contributed by atoms with E-state index >= 15 is 0 Å². The Kier molecular flexibility index (Phi) is 4.67. The van der Waals surface area contributed by atoms with Crippen molar-refractivity contribution >= 4 is 5.91 Å². The number of amides is 1. The molecule has 6 heteroatoms. The van der Waals surface area contributed by atoms with Crippen molar-refractivity contribution in [3.05, 3.63) is 82.8 Å². The maximum atomic E-state index is 12.7. The highest BCUT2D eigenvalue weighted by Gasteiger charge is 2.26. The van der Waals surface area contributed by atoms with Crippen LogP contribution in [0.4, 0.5) is 0 Å². The van der Waals surface area contributed by atoms with E-state index in [1.165, 1.54) is 11.8 Å². The number of carbonyl (C=O) groups excluding carboxylic acids is 1. The monoisotopic (exact) mass is 358 g/mol. The summed E-state index contributed by atoms with van der Waals surface area (Å²) >= 11 is 0. The van der Waals surface area contributed by atoms with Crippen LogP contribution in [0.3, 0.4) is 0 Å². The van der Waals surface area contributed by atoms with Crippen molar-refractivity contribution in [1.82, 2.24) is 14.9 Å². The van der Waals surface area contributed by atoms with Crippen LogP contribution in [0.15, 0.2) is 53.1 Å². The number of aromatic nitrogens is 2. The molecule has 0 spiro atoms. The highest BCUT2D eigenvalue weighted by atomic mass is 16.4. The molecule has 0 saturated heterocycles. The molecule has 4 rings (SSSR count). The summed E-state index contributed by atoms with van der Waals surface area (Å²) in [7, 11) is 0. The van der Waals surface area contributed by atoms with Gasteiger partial charge in [0.1, 0.15) is 23.2 Å². The van der Waals surface area contributed by atoms with Crippen molar-refractivity contribution in [2.45, 2.75) is 25.8 Å². The summed E-state index contributed by atoms with van der Waals surface area (Å²) in [5.41, 5.74) is 2.86. The average Bonchev–Trinajstić information content (AvgIpc) is 3.14. The molecule has 0 bridgehead atoms. The lowest BCUT2D eigenvalue weighted by atomic mass is 10.1. The number of fused-ring (bicyclic) bond motifs is 1. The number of hydrogen-bond acceptors (Lipinski definition) is 5. The predicted molar refractivity (Wildman–Crippen MR) is 97.7 cm³/mol. The molecule has 0 radical (unpaired) electrons. The molecule has 3 aromatic rings. The minimum atomic E-state index is -0.105. The topological polar surface area (TPSA) is 83.0 Å². The molecule has 0 aliphatic carbocycles. The van der Waals surface area contributed by atoms with Gasteiger partial charge in [0.2, 0.25) is 0 Å². The van der Waals surface area contributed by atoms with E-state index in [0.717, 1.165) is 30.2 Å². The van der Waals surface area contributed by atoms with Crippen molar-refractivity contribution < 1.29 is 9.21 Å². The van der Waals surface area contributed by atoms with Gasteiger partial charge >= 0.3 is 0 Å².